The maximum atomic E-state index is 8.82. The fraction of sp³-hybridized carbons (Fsp3) is 0.200. The minimum atomic E-state index is -0.694. The van der Waals surface area contributed by atoms with E-state index in [-0.39, 0.29) is 0 Å². The summed E-state index contributed by atoms with van der Waals surface area (Å²) in [5.74, 6) is 0. The quantitative estimate of drug-likeness (QED) is 0.387. The standard InChI is InChI=1S/C5H8N2O/c6-4-2-1-3-7-5(4)8/h1-3,5,7-8H,6H2. The van der Waals surface area contributed by atoms with Gasteiger partial charge in [0.15, 0.2) is 6.23 Å². The van der Waals surface area contributed by atoms with Gasteiger partial charge in [-0.2, -0.15) is 0 Å². The van der Waals surface area contributed by atoms with E-state index in [0.717, 1.165) is 0 Å². The number of aliphatic hydroxyl groups is 1. The number of hydrogen-bond donors (Lipinski definition) is 3. The van der Waals surface area contributed by atoms with Gasteiger partial charge >= 0.3 is 0 Å². The van der Waals surface area contributed by atoms with Crippen LogP contribution in [0.1, 0.15) is 0 Å². The van der Waals surface area contributed by atoms with Crippen LogP contribution in [0.3, 0.4) is 0 Å². The zero-order chi connectivity index (χ0) is 5.98. The SMILES string of the molecule is NC1=CC=CNC1O. The second-order valence-electron chi connectivity index (χ2n) is 1.59. The fourth-order valence-corrected chi connectivity index (χ4v) is 0.493. The first-order valence-electron chi connectivity index (χ1n) is 2.37. The molecular formula is C5H8N2O. The minimum absolute atomic E-state index is 0.451. The molecule has 3 heteroatoms. The topological polar surface area (TPSA) is 58.3 Å². The molecule has 1 aliphatic rings. The van der Waals surface area contributed by atoms with Crippen LogP contribution in [0.5, 0.6) is 0 Å². The van der Waals surface area contributed by atoms with Crippen LogP contribution in [0.25, 0.3) is 0 Å². The van der Waals surface area contributed by atoms with E-state index in [1.54, 1.807) is 18.4 Å². The average Bonchev–Trinajstić information content (AvgIpc) is 1.77. The van der Waals surface area contributed by atoms with E-state index in [4.69, 9.17) is 10.8 Å². The molecule has 0 saturated carbocycles. The van der Waals surface area contributed by atoms with Crippen molar-refractivity contribution in [1.29, 1.82) is 0 Å². The van der Waals surface area contributed by atoms with E-state index in [1.165, 1.54) is 0 Å². The molecule has 1 aliphatic heterocycles. The predicted molar refractivity (Wildman–Crippen MR) is 30.6 cm³/mol. The highest BCUT2D eigenvalue weighted by molar-refractivity contribution is 5.16. The first kappa shape index (κ1) is 5.18. The lowest BCUT2D eigenvalue weighted by Gasteiger charge is -2.12. The maximum absolute atomic E-state index is 8.82. The normalized spacial score (nSPS) is 26.6. The van der Waals surface area contributed by atoms with Crippen LogP contribution in [-0.4, -0.2) is 11.3 Å². The summed E-state index contributed by atoms with van der Waals surface area (Å²) in [7, 11) is 0. The molecule has 0 amide bonds. The van der Waals surface area contributed by atoms with Crippen molar-refractivity contribution < 1.29 is 5.11 Å². The summed E-state index contributed by atoms with van der Waals surface area (Å²) in [6, 6.07) is 0. The molecule has 0 saturated heterocycles. The summed E-state index contributed by atoms with van der Waals surface area (Å²) in [5.41, 5.74) is 5.73. The minimum Gasteiger partial charge on any atom is -0.398 e. The molecule has 0 spiro atoms. The van der Waals surface area contributed by atoms with Crippen molar-refractivity contribution in [3.8, 4) is 0 Å². The molecule has 1 atom stereocenters. The lowest BCUT2D eigenvalue weighted by Crippen LogP contribution is -2.31. The van der Waals surface area contributed by atoms with Crippen LogP contribution in [0.15, 0.2) is 24.0 Å². The third-order valence-corrected chi connectivity index (χ3v) is 0.955. The van der Waals surface area contributed by atoms with Gasteiger partial charge in [-0.3, -0.25) is 0 Å². The molecule has 1 rings (SSSR count). The largest absolute Gasteiger partial charge is 0.398 e. The number of rotatable bonds is 0. The van der Waals surface area contributed by atoms with E-state index in [9.17, 15) is 0 Å². The van der Waals surface area contributed by atoms with Crippen molar-refractivity contribution in [3.63, 3.8) is 0 Å². The van der Waals surface area contributed by atoms with Crippen LogP contribution in [0.4, 0.5) is 0 Å². The Bertz CT molecular complexity index is 139. The smallest absolute Gasteiger partial charge is 0.164 e. The average molecular weight is 112 g/mol. The van der Waals surface area contributed by atoms with E-state index in [0.29, 0.717) is 5.70 Å². The van der Waals surface area contributed by atoms with Gasteiger partial charge in [-0.25, -0.2) is 0 Å². The van der Waals surface area contributed by atoms with E-state index < -0.39 is 6.23 Å². The second kappa shape index (κ2) is 1.88. The Morgan fingerprint density at radius 1 is 1.75 bits per heavy atom. The highest BCUT2D eigenvalue weighted by Gasteiger charge is 2.03. The van der Waals surface area contributed by atoms with E-state index in [1.807, 2.05) is 0 Å². The zero-order valence-corrected chi connectivity index (χ0v) is 4.33. The first-order valence-corrected chi connectivity index (χ1v) is 2.37. The van der Waals surface area contributed by atoms with Gasteiger partial charge in [0.25, 0.3) is 0 Å². The summed E-state index contributed by atoms with van der Waals surface area (Å²) >= 11 is 0. The molecular weight excluding hydrogens is 104 g/mol. The third-order valence-electron chi connectivity index (χ3n) is 0.955. The Kier molecular flexibility index (Phi) is 1.22. The first-order chi connectivity index (χ1) is 3.80. The molecule has 0 aliphatic carbocycles. The summed E-state index contributed by atoms with van der Waals surface area (Å²) in [6.45, 7) is 0. The van der Waals surface area contributed by atoms with Crippen molar-refractivity contribution in [1.82, 2.24) is 5.32 Å². The van der Waals surface area contributed by atoms with Crippen molar-refractivity contribution in [3.05, 3.63) is 24.0 Å². The van der Waals surface area contributed by atoms with Gasteiger partial charge in [-0.1, -0.05) is 0 Å². The van der Waals surface area contributed by atoms with E-state index >= 15 is 0 Å². The molecule has 4 N–H and O–H groups in total. The summed E-state index contributed by atoms with van der Waals surface area (Å²) in [5, 5.41) is 11.4. The number of nitrogens with one attached hydrogen (secondary N) is 1. The molecule has 0 bridgehead atoms. The third kappa shape index (κ3) is 0.816. The Morgan fingerprint density at radius 3 is 2.88 bits per heavy atom. The molecule has 0 aromatic rings. The molecule has 44 valence electrons. The molecule has 3 nitrogen and oxygen atoms in total. The number of nitrogens with two attached hydrogens (primary N) is 1. The monoisotopic (exact) mass is 112 g/mol. The summed E-state index contributed by atoms with van der Waals surface area (Å²) in [4.78, 5) is 0. The maximum Gasteiger partial charge on any atom is 0.164 e. The van der Waals surface area contributed by atoms with Crippen molar-refractivity contribution in [2.24, 2.45) is 5.73 Å². The van der Waals surface area contributed by atoms with Crippen molar-refractivity contribution >= 4 is 0 Å². The summed E-state index contributed by atoms with van der Waals surface area (Å²) in [6.07, 6.45) is 4.34. The van der Waals surface area contributed by atoms with Gasteiger partial charge in [0.2, 0.25) is 0 Å². The van der Waals surface area contributed by atoms with Crippen molar-refractivity contribution in [2.75, 3.05) is 0 Å². The Morgan fingerprint density at radius 2 is 2.50 bits per heavy atom. The van der Waals surface area contributed by atoms with Gasteiger partial charge < -0.3 is 16.2 Å². The second-order valence-corrected chi connectivity index (χ2v) is 1.59. The molecule has 0 aromatic carbocycles. The molecule has 0 aromatic heterocycles. The van der Waals surface area contributed by atoms with Gasteiger partial charge in [-0.05, 0) is 18.4 Å². The van der Waals surface area contributed by atoms with Crippen molar-refractivity contribution in [2.45, 2.75) is 6.23 Å². The number of allylic oxidation sites excluding steroid dienone is 2. The highest BCUT2D eigenvalue weighted by atomic mass is 16.3. The van der Waals surface area contributed by atoms with Crippen LogP contribution >= 0.6 is 0 Å². The molecule has 1 heterocycles. The van der Waals surface area contributed by atoms with Crippen LogP contribution in [-0.2, 0) is 0 Å². The van der Waals surface area contributed by atoms with Crippen LogP contribution in [0, 0.1) is 0 Å². The summed E-state index contributed by atoms with van der Waals surface area (Å²) < 4.78 is 0. The van der Waals surface area contributed by atoms with Crippen LogP contribution in [0.2, 0.25) is 0 Å². The molecule has 1 unspecified atom stereocenters. The number of aliphatic hydroxyl groups excluding tert-OH is 1. The Hall–Kier alpha value is -0.960. The zero-order valence-electron chi connectivity index (χ0n) is 4.33. The number of hydrogen-bond acceptors (Lipinski definition) is 3. The van der Waals surface area contributed by atoms with Gasteiger partial charge in [0.1, 0.15) is 0 Å². The Labute approximate surface area is 47.5 Å². The number of dihydropyridines is 1. The lowest BCUT2D eigenvalue weighted by molar-refractivity contribution is 0.186. The van der Waals surface area contributed by atoms with Crippen LogP contribution < -0.4 is 11.1 Å². The molecule has 8 heavy (non-hydrogen) atoms. The highest BCUT2D eigenvalue weighted by Crippen LogP contribution is 1.95. The van der Waals surface area contributed by atoms with Gasteiger partial charge in [0, 0.05) is 0 Å². The lowest BCUT2D eigenvalue weighted by atomic mass is 10.3. The molecule has 0 radical (unpaired) electrons. The van der Waals surface area contributed by atoms with Gasteiger partial charge in [0.05, 0.1) is 5.70 Å². The molecule has 0 fully saturated rings. The fourth-order valence-electron chi connectivity index (χ4n) is 0.493. The Balaban J connectivity index is 2.66. The predicted octanol–water partition coefficient (Wildman–Crippen LogP) is -0.736. The van der Waals surface area contributed by atoms with Gasteiger partial charge in [-0.15, -0.1) is 0 Å². The van der Waals surface area contributed by atoms with E-state index in [2.05, 4.69) is 5.32 Å².